The zero-order valence-corrected chi connectivity index (χ0v) is 22.0. The molecule has 3 aromatic rings. The minimum Gasteiger partial charge on any atom is -0.380 e. The van der Waals surface area contributed by atoms with Crippen molar-refractivity contribution in [3.63, 3.8) is 0 Å². The van der Waals surface area contributed by atoms with Crippen LogP contribution in [0.5, 0.6) is 0 Å². The first-order valence-electron chi connectivity index (χ1n) is 12.2. The van der Waals surface area contributed by atoms with Crippen LogP contribution in [0.4, 0.5) is 10.8 Å². The highest BCUT2D eigenvalue weighted by Gasteiger charge is 2.41. The molecular formula is C27H32N6O4S. The number of carbonyl (C=O) groups is 2. The number of amides is 2. The van der Waals surface area contributed by atoms with Gasteiger partial charge in [-0.05, 0) is 49.0 Å². The lowest BCUT2D eigenvalue weighted by atomic mass is 10.0. The van der Waals surface area contributed by atoms with E-state index < -0.39 is 36.1 Å². The second kappa shape index (κ2) is 12.2. The van der Waals surface area contributed by atoms with Gasteiger partial charge in [0.05, 0.1) is 11.7 Å². The first-order chi connectivity index (χ1) is 18.3. The summed E-state index contributed by atoms with van der Waals surface area (Å²) >= 11 is 1.25. The Bertz CT molecular complexity index is 1290. The number of fused-ring (bicyclic) bond motifs is 1. The number of nitrogen functional groups attached to an aromatic ring is 1. The molecule has 0 aliphatic carbocycles. The molecule has 0 spiro atoms. The third kappa shape index (κ3) is 6.03. The number of carbonyl (C=O) groups excluding carboxylic acids is 2. The van der Waals surface area contributed by atoms with Crippen molar-refractivity contribution < 1.29 is 19.8 Å². The molecule has 200 valence electrons. The predicted molar refractivity (Wildman–Crippen MR) is 147 cm³/mol. The minimum atomic E-state index is -1.95. The van der Waals surface area contributed by atoms with Crippen LogP contribution in [0.1, 0.15) is 41.4 Å². The highest BCUT2D eigenvalue weighted by atomic mass is 32.1. The molecule has 7 N–H and O–H groups in total. The number of nitrogens with two attached hydrogens (primary N) is 1. The van der Waals surface area contributed by atoms with Crippen LogP contribution in [0, 0.1) is 0 Å². The van der Waals surface area contributed by atoms with Crippen LogP contribution in [0.25, 0.3) is 0 Å². The number of likely N-dealkylation sites (N-methyl/N-ethyl adjacent to an activating group) is 1. The van der Waals surface area contributed by atoms with Crippen molar-refractivity contribution in [2.45, 2.75) is 37.8 Å². The Morgan fingerprint density at radius 2 is 1.92 bits per heavy atom. The SMILES string of the molecule is CNC/C=C\Nc1ccc([C@@H](C)NC(=O)[C@H](O)[C@@H](O)C(=O)N2Cc3ccccc3C2c2csc(N)n2)cc1. The summed E-state index contributed by atoms with van der Waals surface area (Å²) in [5.41, 5.74) is 9.83. The summed E-state index contributed by atoms with van der Waals surface area (Å²) in [4.78, 5) is 31.9. The molecule has 2 amide bonds. The summed E-state index contributed by atoms with van der Waals surface area (Å²) in [7, 11) is 1.86. The van der Waals surface area contributed by atoms with Crippen molar-refractivity contribution in [2.24, 2.45) is 0 Å². The van der Waals surface area contributed by atoms with Gasteiger partial charge in [0.25, 0.3) is 11.8 Å². The molecule has 0 bridgehead atoms. The quantitative estimate of drug-likeness (QED) is 0.230. The fraction of sp³-hybridized carbons (Fsp3) is 0.296. The normalized spacial score (nSPS) is 17.2. The lowest BCUT2D eigenvalue weighted by Gasteiger charge is -2.28. The number of benzene rings is 2. The van der Waals surface area contributed by atoms with Gasteiger partial charge in [-0.25, -0.2) is 4.98 Å². The van der Waals surface area contributed by atoms with E-state index in [2.05, 4.69) is 20.9 Å². The third-order valence-corrected chi connectivity index (χ3v) is 7.08. The maximum absolute atomic E-state index is 13.3. The van der Waals surface area contributed by atoms with Gasteiger partial charge in [-0.3, -0.25) is 9.59 Å². The van der Waals surface area contributed by atoms with Gasteiger partial charge >= 0.3 is 0 Å². The summed E-state index contributed by atoms with van der Waals surface area (Å²) in [5.74, 6) is -1.61. The molecule has 0 saturated carbocycles. The van der Waals surface area contributed by atoms with E-state index in [4.69, 9.17) is 5.73 Å². The van der Waals surface area contributed by atoms with Gasteiger partial charge in [0, 0.05) is 24.2 Å². The number of anilines is 2. The smallest absolute Gasteiger partial charge is 0.255 e. The average Bonchev–Trinajstić information content (AvgIpc) is 3.53. The third-order valence-electron chi connectivity index (χ3n) is 6.38. The van der Waals surface area contributed by atoms with Gasteiger partial charge in [-0.2, -0.15) is 0 Å². The number of aromatic nitrogens is 1. The monoisotopic (exact) mass is 536 g/mol. The first-order valence-corrected chi connectivity index (χ1v) is 13.1. The number of aliphatic hydroxyl groups is 2. The van der Waals surface area contributed by atoms with Crippen molar-refractivity contribution in [3.8, 4) is 0 Å². The maximum atomic E-state index is 13.3. The molecule has 1 unspecified atom stereocenters. The first kappa shape index (κ1) is 27.3. The number of rotatable bonds is 10. The van der Waals surface area contributed by atoms with Crippen LogP contribution < -0.4 is 21.7 Å². The molecular weight excluding hydrogens is 504 g/mol. The molecule has 1 aliphatic heterocycles. The second-order valence-corrected chi connectivity index (χ2v) is 9.91. The summed E-state index contributed by atoms with van der Waals surface area (Å²) in [5, 5.41) is 32.3. The van der Waals surface area contributed by atoms with Crippen LogP contribution in [-0.2, 0) is 16.1 Å². The zero-order chi connectivity index (χ0) is 27.2. The van der Waals surface area contributed by atoms with Crippen LogP contribution in [0.2, 0.25) is 0 Å². The number of hydrogen-bond donors (Lipinski definition) is 6. The Balaban J connectivity index is 1.40. The second-order valence-electron chi connectivity index (χ2n) is 9.02. The van der Waals surface area contributed by atoms with Gasteiger partial charge in [-0.15, -0.1) is 11.3 Å². The number of aliphatic hydroxyl groups excluding tert-OH is 2. The molecule has 2 aromatic carbocycles. The van der Waals surface area contributed by atoms with Crippen LogP contribution in [0.3, 0.4) is 0 Å². The molecule has 11 heteroatoms. The van der Waals surface area contributed by atoms with Crippen molar-refractivity contribution >= 4 is 34.0 Å². The molecule has 0 fully saturated rings. The van der Waals surface area contributed by atoms with Gasteiger partial charge in [0.1, 0.15) is 6.04 Å². The largest absolute Gasteiger partial charge is 0.380 e. The topological polar surface area (TPSA) is 153 Å². The fourth-order valence-corrected chi connectivity index (χ4v) is 4.95. The van der Waals surface area contributed by atoms with Crippen molar-refractivity contribution in [1.82, 2.24) is 20.5 Å². The van der Waals surface area contributed by atoms with Crippen molar-refractivity contribution in [3.05, 3.63) is 88.6 Å². The van der Waals surface area contributed by atoms with E-state index in [-0.39, 0.29) is 6.54 Å². The predicted octanol–water partition coefficient (Wildman–Crippen LogP) is 1.90. The molecule has 1 aliphatic rings. The molecule has 4 rings (SSSR count). The van der Waals surface area contributed by atoms with Gasteiger partial charge in [-0.1, -0.05) is 42.5 Å². The van der Waals surface area contributed by atoms with Crippen LogP contribution in [0.15, 0.2) is 66.2 Å². The Kier molecular flexibility index (Phi) is 8.74. The summed E-state index contributed by atoms with van der Waals surface area (Å²) < 4.78 is 0. The minimum absolute atomic E-state index is 0.212. The molecule has 0 saturated heterocycles. The fourth-order valence-electron chi connectivity index (χ4n) is 4.37. The van der Waals surface area contributed by atoms with Crippen LogP contribution in [-0.4, -0.2) is 57.7 Å². The van der Waals surface area contributed by atoms with E-state index in [1.165, 1.54) is 16.2 Å². The van der Waals surface area contributed by atoms with Gasteiger partial charge < -0.3 is 36.8 Å². The lowest BCUT2D eigenvalue weighted by Crippen LogP contribution is -2.50. The Morgan fingerprint density at radius 1 is 1.18 bits per heavy atom. The number of nitrogens with zero attached hydrogens (tertiary/aromatic N) is 2. The van der Waals surface area contributed by atoms with Crippen LogP contribution >= 0.6 is 11.3 Å². The maximum Gasteiger partial charge on any atom is 0.255 e. The summed E-state index contributed by atoms with van der Waals surface area (Å²) in [6.07, 6.45) is -0.127. The van der Waals surface area contributed by atoms with E-state index >= 15 is 0 Å². The Hall–Kier alpha value is -3.77. The van der Waals surface area contributed by atoms with Crippen molar-refractivity contribution in [1.29, 1.82) is 0 Å². The summed E-state index contributed by atoms with van der Waals surface area (Å²) in [6, 6.07) is 13.9. The highest BCUT2D eigenvalue weighted by Crippen LogP contribution is 2.39. The Labute approximate surface area is 225 Å². The van der Waals surface area contributed by atoms with Crippen molar-refractivity contribution in [2.75, 3.05) is 24.6 Å². The number of nitrogens with one attached hydrogen (secondary N) is 3. The highest BCUT2D eigenvalue weighted by molar-refractivity contribution is 7.13. The van der Waals surface area contributed by atoms with Gasteiger partial charge in [0.2, 0.25) is 0 Å². The molecule has 2 heterocycles. The van der Waals surface area contributed by atoms with Gasteiger partial charge in [0.15, 0.2) is 17.3 Å². The number of hydrogen-bond acceptors (Lipinski definition) is 9. The molecule has 10 nitrogen and oxygen atoms in total. The zero-order valence-electron chi connectivity index (χ0n) is 21.2. The number of thiazole rings is 1. The van der Waals surface area contributed by atoms with E-state index in [0.29, 0.717) is 10.8 Å². The molecule has 38 heavy (non-hydrogen) atoms. The molecule has 0 radical (unpaired) electrons. The Morgan fingerprint density at radius 3 is 2.61 bits per heavy atom. The van der Waals surface area contributed by atoms with E-state index in [1.54, 1.807) is 12.3 Å². The standard InChI is InChI=1S/C27H32N6O4S/c1-16(17-8-10-19(11-9-17)30-13-5-12-29-2)31-25(36)23(34)24(35)26(37)33-14-18-6-3-4-7-20(18)22(33)21-15-38-27(28)32-21/h3-11,13,15-16,22-24,29-30,34-35H,12,14H2,1-2H3,(H2,28,32)(H,31,36)/b13-5-/t16-,22?,23-,24-/m1/s1. The van der Waals surface area contributed by atoms with E-state index in [9.17, 15) is 19.8 Å². The molecule has 4 atom stereocenters. The lowest BCUT2D eigenvalue weighted by molar-refractivity contribution is -0.154. The summed E-state index contributed by atoms with van der Waals surface area (Å²) in [6.45, 7) is 2.72. The van der Waals surface area contributed by atoms with E-state index in [1.807, 2.05) is 67.9 Å². The van der Waals surface area contributed by atoms with E-state index in [0.717, 1.165) is 28.9 Å². The molecule has 1 aromatic heterocycles. The average molecular weight is 537 g/mol.